The quantitative estimate of drug-likeness (QED) is 0.687. The molecule has 0 spiro atoms. The summed E-state index contributed by atoms with van der Waals surface area (Å²) in [4.78, 5) is 10.6. The highest BCUT2D eigenvalue weighted by Crippen LogP contribution is 2.10. The zero-order chi connectivity index (χ0) is 9.84. The number of hydrogen-bond acceptors (Lipinski definition) is 3. The third-order valence-corrected chi connectivity index (χ3v) is 1.50. The third kappa shape index (κ3) is 1.63. The molecule has 0 heterocycles. The zero-order valence-corrected chi connectivity index (χ0v) is 6.48. The van der Waals surface area contributed by atoms with Crippen LogP contribution in [0.5, 0.6) is 0 Å². The van der Waals surface area contributed by atoms with Crippen LogP contribution in [0.3, 0.4) is 0 Å². The van der Waals surface area contributed by atoms with Gasteiger partial charge in [-0.3, -0.25) is 0 Å². The standard InChI is InChI=1S/C9H4N2O2/c10-4-6-1-2-7(5-11)8(3-6)9(12)13/h1-3H,(H,12,13). The van der Waals surface area contributed by atoms with Crippen molar-refractivity contribution in [2.75, 3.05) is 0 Å². The minimum Gasteiger partial charge on any atom is -0.478 e. The van der Waals surface area contributed by atoms with Crippen molar-refractivity contribution in [3.63, 3.8) is 0 Å². The Hall–Kier alpha value is -2.33. The summed E-state index contributed by atoms with van der Waals surface area (Å²) in [7, 11) is 0. The van der Waals surface area contributed by atoms with Crippen molar-refractivity contribution >= 4 is 5.97 Å². The van der Waals surface area contributed by atoms with Crippen LogP contribution in [0.4, 0.5) is 0 Å². The molecule has 0 atom stereocenters. The molecular formula is C9H4N2O2. The fraction of sp³-hybridized carbons (Fsp3) is 0. The molecule has 0 aliphatic carbocycles. The van der Waals surface area contributed by atoms with Crippen molar-refractivity contribution in [3.8, 4) is 12.1 Å². The number of benzene rings is 1. The van der Waals surface area contributed by atoms with E-state index in [1.165, 1.54) is 18.2 Å². The van der Waals surface area contributed by atoms with Gasteiger partial charge in [0.1, 0.15) is 6.07 Å². The smallest absolute Gasteiger partial charge is 0.337 e. The molecule has 0 bridgehead atoms. The normalized spacial score (nSPS) is 8.46. The van der Waals surface area contributed by atoms with Gasteiger partial charge in [0.25, 0.3) is 0 Å². The van der Waals surface area contributed by atoms with E-state index in [2.05, 4.69) is 0 Å². The highest BCUT2D eigenvalue weighted by atomic mass is 16.4. The van der Waals surface area contributed by atoms with Crippen LogP contribution in [-0.4, -0.2) is 11.1 Å². The molecule has 0 saturated carbocycles. The maximum Gasteiger partial charge on any atom is 0.337 e. The van der Waals surface area contributed by atoms with E-state index in [9.17, 15) is 4.79 Å². The van der Waals surface area contributed by atoms with Crippen molar-refractivity contribution < 1.29 is 9.90 Å². The Bertz CT molecular complexity index is 438. The van der Waals surface area contributed by atoms with Crippen molar-refractivity contribution in [2.45, 2.75) is 0 Å². The van der Waals surface area contributed by atoms with Crippen molar-refractivity contribution in [2.24, 2.45) is 0 Å². The minimum atomic E-state index is -1.20. The molecule has 0 aromatic heterocycles. The molecule has 0 saturated heterocycles. The summed E-state index contributed by atoms with van der Waals surface area (Å²) < 4.78 is 0. The Morgan fingerprint density at radius 1 is 1.31 bits per heavy atom. The van der Waals surface area contributed by atoms with Gasteiger partial charge in [-0.2, -0.15) is 10.5 Å². The number of carboxylic acid groups (broad SMARTS) is 1. The predicted molar refractivity (Wildman–Crippen MR) is 42.8 cm³/mol. The Kier molecular flexibility index (Phi) is 2.28. The second-order valence-electron chi connectivity index (χ2n) is 2.29. The molecule has 0 radical (unpaired) electrons. The maximum absolute atomic E-state index is 10.6. The van der Waals surface area contributed by atoms with E-state index in [0.29, 0.717) is 0 Å². The van der Waals surface area contributed by atoms with Crippen molar-refractivity contribution in [1.29, 1.82) is 10.5 Å². The van der Waals surface area contributed by atoms with E-state index in [1.807, 2.05) is 0 Å². The SMILES string of the molecule is N#Cc1ccc(C#N)c(C(=O)O)c1. The van der Waals surface area contributed by atoms with Gasteiger partial charge in [0, 0.05) is 0 Å². The van der Waals surface area contributed by atoms with E-state index in [4.69, 9.17) is 15.6 Å². The van der Waals surface area contributed by atoms with Gasteiger partial charge in [-0.15, -0.1) is 0 Å². The van der Waals surface area contributed by atoms with Gasteiger partial charge in [-0.1, -0.05) is 0 Å². The Balaban J connectivity index is 3.39. The number of carboxylic acids is 1. The van der Waals surface area contributed by atoms with Crippen LogP contribution >= 0.6 is 0 Å². The maximum atomic E-state index is 10.6. The van der Waals surface area contributed by atoms with Crippen LogP contribution in [0.1, 0.15) is 21.5 Å². The molecule has 0 amide bonds. The van der Waals surface area contributed by atoms with E-state index in [1.54, 1.807) is 12.1 Å². The summed E-state index contributed by atoms with van der Waals surface area (Å²) in [5, 5.41) is 25.7. The van der Waals surface area contributed by atoms with E-state index < -0.39 is 5.97 Å². The van der Waals surface area contributed by atoms with Gasteiger partial charge in [-0.25, -0.2) is 4.79 Å². The summed E-state index contributed by atoms with van der Waals surface area (Å²) >= 11 is 0. The predicted octanol–water partition coefficient (Wildman–Crippen LogP) is 1.13. The van der Waals surface area contributed by atoms with Crippen LogP contribution in [-0.2, 0) is 0 Å². The monoisotopic (exact) mass is 172 g/mol. The molecule has 13 heavy (non-hydrogen) atoms. The first-order valence-corrected chi connectivity index (χ1v) is 3.36. The minimum absolute atomic E-state index is 0.0616. The van der Waals surface area contributed by atoms with Gasteiger partial charge >= 0.3 is 5.97 Å². The van der Waals surface area contributed by atoms with Crippen LogP contribution < -0.4 is 0 Å². The van der Waals surface area contributed by atoms with Gasteiger partial charge in [-0.05, 0) is 18.2 Å². The molecule has 62 valence electrons. The molecule has 4 nitrogen and oxygen atoms in total. The van der Waals surface area contributed by atoms with Crippen LogP contribution in [0, 0.1) is 22.7 Å². The lowest BCUT2D eigenvalue weighted by Crippen LogP contribution is -2.00. The Morgan fingerprint density at radius 3 is 2.46 bits per heavy atom. The van der Waals surface area contributed by atoms with Gasteiger partial charge in [0.2, 0.25) is 0 Å². The fourth-order valence-electron chi connectivity index (χ4n) is 0.888. The zero-order valence-electron chi connectivity index (χ0n) is 6.48. The number of hydrogen-bond donors (Lipinski definition) is 1. The fourth-order valence-corrected chi connectivity index (χ4v) is 0.888. The molecule has 0 unspecified atom stereocenters. The number of nitrogens with zero attached hydrogens (tertiary/aromatic N) is 2. The summed E-state index contributed by atoms with van der Waals surface area (Å²) in [6, 6.07) is 7.45. The Morgan fingerprint density at radius 2 is 2.00 bits per heavy atom. The molecular weight excluding hydrogens is 168 g/mol. The van der Waals surface area contributed by atoms with Gasteiger partial charge in [0.05, 0.1) is 22.8 Å². The molecule has 1 aromatic rings. The van der Waals surface area contributed by atoms with Gasteiger partial charge in [0.15, 0.2) is 0 Å². The molecule has 1 N–H and O–H groups in total. The summed E-state index contributed by atoms with van der Waals surface area (Å²) in [6.07, 6.45) is 0. The molecule has 0 aliphatic rings. The average Bonchev–Trinajstić information content (AvgIpc) is 2.16. The molecule has 1 aromatic carbocycles. The van der Waals surface area contributed by atoms with Crippen LogP contribution in [0.15, 0.2) is 18.2 Å². The first-order chi connectivity index (χ1) is 6.19. The van der Waals surface area contributed by atoms with Crippen molar-refractivity contribution in [3.05, 3.63) is 34.9 Å². The number of carbonyl (C=O) groups is 1. The van der Waals surface area contributed by atoms with Crippen molar-refractivity contribution in [1.82, 2.24) is 0 Å². The second kappa shape index (κ2) is 3.38. The second-order valence-corrected chi connectivity index (χ2v) is 2.29. The topological polar surface area (TPSA) is 84.9 Å². The number of nitriles is 2. The first kappa shape index (κ1) is 8.76. The lowest BCUT2D eigenvalue weighted by Gasteiger charge is -1.96. The van der Waals surface area contributed by atoms with Gasteiger partial charge < -0.3 is 5.11 Å². The van der Waals surface area contributed by atoms with E-state index in [-0.39, 0.29) is 16.7 Å². The molecule has 0 fully saturated rings. The van der Waals surface area contributed by atoms with Crippen LogP contribution in [0.2, 0.25) is 0 Å². The van der Waals surface area contributed by atoms with Crippen LogP contribution in [0.25, 0.3) is 0 Å². The van der Waals surface area contributed by atoms with E-state index in [0.717, 1.165) is 0 Å². The lowest BCUT2D eigenvalue weighted by molar-refractivity contribution is 0.0696. The summed E-state index contributed by atoms with van der Waals surface area (Å²) in [6.45, 7) is 0. The molecule has 1 rings (SSSR count). The largest absolute Gasteiger partial charge is 0.478 e. The highest BCUT2D eigenvalue weighted by Gasteiger charge is 2.09. The average molecular weight is 172 g/mol. The summed E-state index contributed by atoms with van der Waals surface area (Å²) in [5.74, 6) is -1.20. The highest BCUT2D eigenvalue weighted by molar-refractivity contribution is 5.91. The third-order valence-electron chi connectivity index (χ3n) is 1.50. The first-order valence-electron chi connectivity index (χ1n) is 3.36. The summed E-state index contributed by atoms with van der Waals surface area (Å²) in [5.41, 5.74) is 0.157. The molecule has 0 aliphatic heterocycles. The Labute approximate surface area is 74.3 Å². The number of aromatic carboxylic acids is 1. The lowest BCUT2D eigenvalue weighted by atomic mass is 10.1. The molecule has 4 heteroatoms. The number of rotatable bonds is 1. The van der Waals surface area contributed by atoms with E-state index >= 15 is 0 Å².